The molecule has 1 heterocycles. The summed E-state index contributed by atoms with van der Waals surface area (Å²) in [5.74, 6) is -0.609. The first kappa shape index (κ1) is 26.5. The first-order valence-electron chi connectivity index (χ1n) is 14.9. The van der Waals surface area contributed by atoms with Crippen molar-refractivity contribution in [3.63, 3.8) is 0 Å². The number of fused-ring (bicyclic) bond motifs is 1. The minimum Gasteiger partial charge on any atom is -0.369 e. The van der Waals surface area contributed by atoms with Crippen molar-refractivity contribution in [2.45, 2.75) is 38.8 Å². The van der Waals surface area contributed by atoms with Crippen molar-refractivity contribution in [1.82, 2.24) is 0 Å². The lowest BCUT2D eigenvalue weighted by Crippen LogP contribution is -2.28. The fraction of sp³-hybridized carbons (Fsp3) is 0.154. The quantitative estimate of drug-likeness (QED) is 0.220. The van der Waals surface area contributed by atoms with Crippen molar-refractivity contribution in [1.29, 1.82) is 0 Å². The molecule has 3 aliphatic carbocycles. The van der Waals surface area contributed by atoms with Crippen LogP contribution in [0.1, 0.15) is 105 Å². The van der Waals surface area contributed by atoms with Crippen LogP contribution in [-0.2, 0) is 0 Å². The number of anilines is 1. The van der Waals surface area contributed by atoms with Crippen LogP contribution < -0.4 is 4.90 Å². The maximum absolute atomic E-state index is 14.0. The Kier molecular flexibility index (Phi) is 5.68. The number of hydrogen-bond donors (Lipinski definition) is 1. The molecule has 5 aromatic carbocycles. The molecular formula is C39H29NO4. The van der Waals surface area contributed by atoms with Gasteiger partial charge in [0, 0.05) is 39.8 Å². The molecule has 0 saturated heterocycles. The Labute approximate surface area is 255 Å². The predicted molar refractivity (Wildman–Crippen MR) is 170 cm³/mol. The van der Waals surface area contributed by atoms with Gasteiger partial charge in [0.2, 0.25) is 0 Å². The fourth-order valence-electron chi connectivity index (χ4n) is 7.61. The molecule has 214 valence electrons. The molecule has 3 atom stereocenters. The summed E-state index contributed by atoms with van der Waals surface area (Å²) in [6.45, 7) is 6.16. The highest BCUT2D eigenvalue weighted by Gasteiger charge is 2.45. The number of carbonyl (C=O) groups is 3. The number of benzene rings is 5. The van der Waals surface area contributed by atoms with E-state index in [1.165, 1.54) is 16.0 Å². The van der Waals surface area contributed by atoms with Crippen LogP contribution in [0.5, 0.6) is 0 Å². The highest BCUT2D eigenvalue weighted by atomic mass is 16.3. The van der Waals surface area contributed by atoms with E-state index in [0.717, 1.165) is 62.6 Å². The van der Waals surface area contributed by atoms with Crippen molar-refractivity contribution in [2.24, 2.45) is 0 Å². The Bertz CT molecular complexity index is 2110. The molecule has 1 aliphatic heterocycles. The van der Waals surface area contributed by atoms with Gasteiger partial charge in [-0.15, -0.1) is 0 Å². The third kappa shape index (κ3) is 3.53. The van der Waals surface area contributed by atoms with Gasteiger partial charge < -0.3 is 5.11 Å². The van der Waals surface area contributed by atoms with Crippen molar-refractivity contribution in [2.75, 3.05) is 4.90 Å². The second-order valence-corrected chi connectivity index (χ2v) is 12.3. The second kappa shape index (κ2) is 9.43. The standard InChI is InChI=1S/C39H29NO4/c1-20-8-9-23(12-21(20)2)24-10-11-35(22(3)13-24)40-38(43)33-16-31-32(17-34(33)39(40)44)37-28-7-5-4-6-27(28)36(31)29-14-25(18-41)26(19-42)15-30(29)37/h4-19,36-38,43H,1-3H3. The molecule has 0 fully saturated rings. The van der Waals surface area contributed by atoms with Gasteiger partial charge in [0.05, 0.1) is 0 Å². The zero-order chi connectivity index (χ0) is 30.4. The smallest absolute Gasteiger partial charge is 0.261 e. The lowest BCUT2D eigenvalue weighted by atomic mass is 9.60. The molecule has 0 aromatic heterocycles. The summed E-state index contributed by atoms with van der Waals surface area (Å²) >= 11 is 0. The van der Waals surface area contributed by atoms with Crippen molar-refractivity contribution in [3.05, 3.63) is 157 Å². The molecular weight excluding hydrogens is 546 g/mol. The summed E-state index contributed by atoms with van der Waals surface area (Å²) in [4.78, 5) is 39.3. The van der Waals surface area contributed by atoms with Gasteiger partial charge in [-0.2, -0.15) is 0 Å². The first-order chi connectivity index (χ1) is 21.3. The zero-order valence-corrected chi connectivity index (χ0v) is 24.6. The number of aliphatic hydroxyl groups excluding tert-OH is 1. The third-order valence-corrected chi connectivity index (χ3v) is 9.93. The van der Waals surface area contributed by atoms with Crippen LogP contribution in [0.2, 0.25) is 0 Å². The number of aryl methyl sites for hydroxylation is 3. The molecule has 5 aromatic rings. The molecule has 0 radical (unpaired) electrons. The molecule has 9 rings (SSSR count). The van der Waals surface area contributed by atoms with Crippen LogP contribution in [0.15, 0.2) is 84.9 Å². The van der Waals surface area contributed by atoms with Gasteiger partial charge in [0.25, 0.3) is 5.91 Å². The molecule has 5 nitrogen and oxygen atoms in total. The largest absolute Gasteiger partial charge is 0.369 e. The molecule has 44 heavy (non-hydrogen) atoms. The highest BCUT2D eigenvalue weighted by Crippen LogP contribution is 2.57. The average molecular weight is 576 g/mol. The lowest BCUT2D eigenvalue weighted by molar-refractivity contribution is 0.0934. The van der Waals surface area contributed by atoms with Gasteiger partial charge in [-0.05, 0) is 118 Å². The van der Waals surface area contributed by atoms with Crippen LogP contribution in [0.25, 0.3) is 11.1 Å². The number of aliphatic hydroxyl groups is 1. The highest BCUT2D eigenvalue weighted by molar-refractivity contribution is 6.11. The lowest BCUT2D eigenvalue weighted by Gasteiger charge is -2.42. The van der Waals surface area contributed by atoms with Gasteiger partial charge in [-0.25, -0.2) is 0 Å². The zero-order valence-electron chi connectivity index (χ0n) is 24.6. The van der Waals surface area contributed by atoms with Gasteiger partial charge in [0.15, 0.2) is 18.8 Å². The van der Waals surface area contributed by atoms with E-state index in [4.69, 9.17) is 0 Å². The minimum absolute atomic E-state index is 0.179. The molecule has 0 saturated carbocycles. The number of nitrogens with zero attached hydrogens (tertiary/aromatic N) is 1. The van der Waals surface area contributed by atoms with Gasteiger partial charge in [-0.3, -0.25) is 19.3 Å². The summed E-state index contributed by atoms with van der Waals surface area (Å²) in [5, 5.41) is 11.7. The van der Waals surface area contributed by atoms with Gasteiger partial charge in [-0.1, -0.05) is 48.5 Å². The maximum atomic E-state index is 14.0. The van der Waals surface area contributed by atoms with Gasteiger partial charge in [0.1, 0.15) is 0 Å². The van der Waals surface area contributed by atoms with E-state index in [0.29, 0.717) is 27.9 Å². The van der Waals surface area contributed by atoms with E-state index in [2.05, 4.69) is 50.2 Å². The first-order valence-corrected chi connectivity index (χ1v) is 14.9. The van der Waals surface area contributed by atoms with Crippen LogP contribution >= 0.6 is 0 Å². The number of aldehydes is 2. The van der Waals surface area contributed by atoms with Crippen LogP contribution in [-0.4, -0.2) is 23.6 Å². The molecule has 1 N–H and O–H groups in total. The van der Waals surface area contributed by atoms with Crippen molar-refractivity contribution in [3.8, 4) is 11.1 Å². The minimum atomic E-state index is -1.13. The number of carbonyl (C=O) groups excluding carboxylic acids is 3. The summed E-state index contributed by atoms with van der Waals surface area (Å²) in [5.41, 5.74) is 14.3. The number of amides is 1. The topological polar surface area (TPSA) is 74.7 Å². The second-order valence-electron chi connectivity index (χ2n) is 12.3. The molecule has 3 unspecified atom stereocenters. The Morgan fingerprint density at radius 3 is 1.70 bits per heavy atom. The van der Waals surface area contributed by atoms with E-state index in [1.807, 2.05) is 55.5 Å². The third-order valence-electron chi connectivity index (χ3n) is 9.93. The monoisotopic (exact) mass is 575 g/mol. The molecule has 0 spiro atoms. The van der Waals surface area contributed by atoms with Crippen LogP contribution in [0, 0.1) is 20.8 Å². The van der Waals surface area contributed by atoms with E-state index in [1.54, 1.807) is 0 Å². The van der Waals surface area contributed by atoms with E-state index >= 15 is 0 Å². The SMILES string of the molecule is Cc1ccc(-c2ccc(N3C(=O)c4cc5c(cc4C3O)C3c4ccccc4C5c4cc(C=O)c(C=O)cc43)c(C)c2)cc1C. The Morgan fingerprint density at radius 1 is 0.591 bits per heavy atom. The van der Waals surface area contributed by atoms with Crippen LogP contribution in [0.3, 0.4) is 0 Å². The summed E-state index contributed by atoms with van der Waals surface area (Å²) < 4.78 is 0. The van der Waals surface area contributed by atoms with Crippen molar-refractivity contribution < 1.29 is 19.5 Å². The normalized spacial score (nSPS) is 18.9. The predicted octanol–water partition coefficient (Wildman–Crippen LogP) is 7.54. The average Bonchev–Trinajstić information content (AvgIpc) is 3.28. The van der Waals surface area contributed by atoms with Crippen molar-refractivity contribution >= 4 is 24.2 Å². The van der Waals surface area contributed by atoms with E-state index < -0.39 is 6.23 Å². The summed E-state index contributed by atoms with van der Waals surface area (Å²) in [7, 11) is 0. The van der Waals surface area contributed by atoms with Crippen LogP contribution in [0.4, 0.5) is 5.69 Å². The van der Waals surface area contributed by atoms with E-state index in [9.17, 15) is 19.5 Å². The maximum Gasteiger partial charge on any atom is 0.261 e. The molecule has 4 aliphatic rings. The Balaban J connectivity index is 1.24. The summed E-state index contributed by atoms with van der Waals surface area (Å²) in [6, 6.07) is 28.2. The molecule has 1 amide bonds. The van der Waals surface area contributed by atoms with Gasteiger partial charge >= 0.3 is 0 Å². The Hall–Kier alpha value is -5.13. The Morgan fingerprint density at radius 2 is 1.14 bits per heavy atom. The molecule has 2 bridgehead atoms. The van der Waals surface area contributed by atoms with E-state index in [-0.39, 0.29) is 17.7 Å². The molecule has 5 heteroatoms. The number of rotatable bonds is 4. The fourth-order valence-corrected chi connectivity index (χ4v) is 7.61. The number of hydrogen-bond acceptors (Lipinski definition) is 4. The summed E-state index contributed by atoms with van der Waals surface area (Å²) in [6.07, 6.45) is 0.329.